The summed E-state index contributed by atoms with van der Waals surface area (Å²) < 4.78 is 5.30. The van der Waals surface area contributed by atoms with E-state index in [1.807, 2.05) is 27.7 Å². The Kier molecular flexibility index (Phi) is 3.76. The third-order valence-corrected chi connectivity index (χ3v) is 3.29. The van der Waals surface area contributed by atoms with Crippen LogP contribution in [0.25, 0.3) is 0 Å². The van der Waals surface area contributed by atoms with Crippen LogP contribution < -0.4 is 0 Å². The lowest BCUT2D eigenvalue weighted by atomic mass is 9.71. The van der Waals surface area contributed by atoms with Crippen LogP contribution in [0.2, 0.25) is 0 Å². The summed E-state index contributed by atoms with van der Waals surface area (Å²) in [6.07, 6.45) is -2.13. The lowest BCUT2D eigenvalue weighted by Crippen LogP contribution is -2.55. The van der Waals surface area contributed by atoms with Crippen molar-refractivity contribution in [3.05, 3.63) is 0 Å². The Morgan fingerprint density at radius 3 is 2.13 bits per heavy atom. The topological polar surface area (TPSA) is 69.9 Å². The van der Waals surface area contributed by atoms with Gasteiger partial charge in [0.15, 0.2) is 6.29 Å². The minimum Gasteiger partial charge on any atom is -0.394 e. The van der Waals surface area contributed by atoms with Gasteiger partial charge in [-0.1, -0.05) is 27.7 Å². The highest BCUT2D eigenvalue weighted by Crippen LogP contribution is 2.39. The number of ether oxygens (including phenoxy) is 1. The molecule has 0 aromatic carbocycles. The number of rotatable bonds is 1. The summed E-state index contributed by atoms with van der Waals surface area (Å²) in [5, 5.41) is 28.9. The Balaban J connectivity index is 2.84. The molecule has 90 valence electrons. The molecule has 1 saturated heterocycles. The average Bonchev–Trinajstić information content (AvgIpc) is 2.09. The van der Waals surface area contributed by atoms with Crippen LogP contribution in [-0.2, 0) is 4.74 Å². The van der Waals surface area contributed by atoms with E-state index in [4.69, 9.17) is 9.84 Å². The van der Waals surface area contributed by atoms with E-state index >= 15 is 0 Å². The van der Waals surface area contributed by atoms with Crippen LogP contribution in [0.4, 0.5) is 0 Å². The Bertz CT molecular complexity index is 211. The second-order valence-electron chi connectivity index (χ2n) is 5.49. The van der Waals surface area contributed by atoms with Gasteiger partial charge in [-0.05, 0) is 5.41 Å². The molecule has 0 aliphatic carbocycles. The van der Waals surface area contributed by atoms with Crippen LogP contribution in [0.3, 0.4) is 0 Å². The van der Waals surface area contributed by atoms with Gasteiger partial charge >= 0.3 is 0 Å². The third-order valence-electron chi connectivity index (χ3n) is 3.29. The largest absolute Gasteiger partial charge is 0.394 e. The lowest BCUT2D eigenvalue weighted by molar-refractivity contribution is -0.270. The number of hydrogen-bond acceptors (Lipinski definition) is 4. The van der Waals surface area contributed by atoms with E-state index in [0.717, 1.165) is 0 Å². The summed E-state index contributed by atoms with van der Waals surface area (Å²) in [6, 6.07) is 0. The van der Waals surface area contributed by atoms with Gasteiger partial charge in [0.1, 0.15) is 0 Å². The van der Waals surface area contributed by atoms with E-state index in [-0.39, 0.29) is 23.9 Å². The van der Waals surface area contributed by atoms with Gasteiger partial charge in [-0.25, -0.2) is 0 Å². The fraction of sp³-hybridized carbons (Fsp3) is 1.00. The van der Waals surface area contributed by atoms with Gasteiger partial charge in [-0.15, -0.1) is 0 Å². The molecule has 0 saturated carbocycles. The van der Waals surface area contributed by atoms with E-state index < -0.39 is 18.5 Å². The van der Waals surface area contributed by atoms with Crippen molar-refractivity contribution < 1.29 is 20.1 Å². The second-order valence-corrected chi connectivity index (χ2v) is 5.49. The first kappa shape index (κ1) is 12.9. The molecule has 15 heavy (non-hydrogen) atoms. The third kappa shape index (κ3) is 2.50. The zero-order valence-electron chi connectivity index (χ0n) is 9.84. The van der Waals surface area contributed by atoms with Gasteiger partial charge in [-0.3, -0.25) is 0 Å². The molecule has 0 aromatic rings. The number of aliphatic hydroxyl groups excluding tert-OH is 3. The van der Waals surface area contributed by atoms with Gasteiger partial charge in [0.05, 0.1) is 18.8 Å². The quantitative estimate of drug-likeness (QED) is 0.594. The summed E-state index contributed by atoms with van der Waals surface area (Å²) in [5.41, 5.74) is -0.229. The first-order chi connectivity index (χ1) is 6.79. The van der Waals surface area contributed by atoms with E-state index in [2.05, 4.69) is 0 Å². The van der Waals surface area contributed by atoms with Gasteiger partial charge in [0.2, 0.25) is 0 Å². The van der Waals surface area contributed by atoms with E-state index in [0.29, 0.717) is 0 Å². The zero-order valence-corrected chi connectivity index (χ0v) is 9.84. The Morgan fingerprint density at radius 1 is 1.20 bits per heavy atom. The highest BCUT2D eigenvalue weighted by molar-refractivity contribution is 4.91. The monoisotopic (exact) mass is 218 g/mol. The van der Waals surface area contributed by atoms with Crippen LogP contribution in [-0.4, -0.2) is 40.4 Å². The van der Waals surface area contributed by atoms with Crippen LogP contribution in [0.5, 0.6) is 0 Å². The van der Waals surface area contributed by atoms with Crippen LogP contribution >= 0.6 is 0 Å². The minimum absolute atomic E-state index is 0.164. The molecule has 1 fully saturated rings. The molecule has 4 heteroatoms. The van der Waals surface area contributed by atoms with Crippen molar-refractivity contribution in [1.82, 2.24) is 0 Å². The van der Waals surface area contributed by atoms with Crippen LogP contribution in [0, 0.1) is 17.3 Å². The smallest absolute Gasteiger partial charge is 0.160 e. The fourth-order valence-electron chi connectivity index (χ4n) is 2.25. The molecule has 1 aliphatic heterocycles. The van der Waals surface area contributed by atoms with Crippen molar-refractivity contribution in [3.63, 3.8) is 0 Å². The van der Waals surface area contributed by atoms with Crippen molar-refractivity contribution >= 4 is 0 Å². The van der Waals surface area contributed by atoms with Crippen molar-refractivity contribution in [2.45, 2.75) is 46.2 Å². The molecule has 0 unspecified atom stereocenters. The van der Waals surface area contributed by atoms with Gasteiger partial charge in [-0.2, -0.15) is 0 Å². The summed E-state index contributed by atoms with van der Waals surface area (Å²) >= 11 is 0. The second kappa shape index (κ2) is 4.37. The van der Waals surface area contributed by atoms with E-state index in [1.165, 1.54) is 0 Å². The standard InChI is InChI=1S/C11H22O4/c1-6-7(5-12)15-10(14)8(9(6)13)11(2,3)4/h6-10,12-14H,5H2,1-4H3/t6-,7-,8-,9+,10+/m0/s1. The van der Waals surface area contributed by atoms with Crippen LogP contribution in [0.15, 0.2) is 0 Å². The van der Waals surface area contributed by atoms with Gasteiger partial charge in [0.25, 0.3) is 0 Å². The van der Waals surface area contributed by atoms with Gasteiger partial charge < -0.3 is 20.1 Å². The summed E-state index contributed by atoms with van der Waals surface area (Å²) in [6.45, 7) is 7.53. The maximum Gasteiger partial charge on any atom is 0.160 e. The van der Waals surface area contributed by atoms with Crippen molar-refractivity contribution in [3.8, 4) is 0 Å². The predicted octanol–water partition coefficient (Wildman–Crippen LogP) is 0.355. The molecule has 3 N–H and O–H groups in total. The summed E-state index contributed by atoms with van der Waals surface area (Å²) in [7, 11) is 0. The lowest BCUT2D eigenvalue weighted by Gasteiger charge is -2.46. The average molecular weight is 218 g/mol. The summed E-state index contributed by atoms with van der Waals surface area (Å²) in [4.78, 5) is 0. The fourth-order valence-corrected chi connectivity index (χ4v) is 2.25. The highest BCUT2D eigenvalue weighted by atomic mass is 16.6. The van der Waals surface area contributed by atoms with Crippen LogP contribution in [0.1, 0.15) is 27.7 Å². The molecule has 1 heterocycles. The van der Waals surface area contributed by atoms with Crippen molar-refractivity contribution in [1.29, 1.82) is 0 Å². The molecular formula is C11H22O4. The SMILES string of the molecule is C[C@@H]1[C@@H](O)[C@H](C(C)(C)C)[C@H](O)O[C@H]1CO. The number of aliphatic hydroxyl groups is 3. The molecule has 0 spiro atoms. The minimum atomic E-state index is -1.01. The first-order valence-corrected chi connectivity index (χ1v) is 5.41. The highest BCUT2D eigenvalue weighted by Gasteiger charge is 2.46. The maximum absolute atomic E-state index is 10.1. The van der Waals surface area contributed by atoms with E-state index in [1.54, 1.807) is 0 Å². The normalized spacial score (nSPS) is 43.0. The molecule has 0 bridgehead atoms. The molecule has 5 atom stereocenters. The Hall–Kier alpha value is -0.160. The van der Waals surface area contributed by atoms with Gasteiger partial charge in [0, 0.05) is 11.8 Å². The predicted molar refractivity (Wildman–Crippen MR) is 56.1 cm³/mol. The molecule has 0 amide bonds. The maximum atomic E-state index is 10.1. The molecular weight excluding hydrogens is 196 g/mol. The molecule has 1 rings (SSSR count). The number of hydrogen-bond donors (Lipinski definition) is 3. The molecule has 0 aromatic heterocycles. The molecule has 0 radical (unpaired) electrons. The molecule has 1 aliphatic rings. The summed E-state index contributed by atoms with van der Waals surface area (Å²) in [5.74, 6) is -0.488. The van der Waals surface area contributed by atoms with Crippen molar-refractivity contribution in [2.75, 3.05) is 6.61 Å². The zero-order chi connectivity index (χ0) is 11.8. The van der Waals surface area contributed by atoms with Crippen molar-refractivity contribution in [2.24, 2.45) is 17.3 Å². The molecule has 4 nitrogen and oxygen atoms in total. The Labute approximate surface area is 90.9 Å². The first-order valence-electron chi connectivity index (χ1n) is 5.41. The van der Waals surface area contributed by atoms with E-state index in [9.17, 15) is 10.2 Å². The Morgan fingerprint density at radius 2 is 1.73 bits per heavy atom.